The zero-order chi connectivity index (χ0) is 17.4. The van der Waals surface area contributed by atoms with Crippen molar-refractivity contribution in [1.82, 2.24) is 15.8 Å². The topological polar surface area (TPSA) is 71.7 Å². The van der Waals surface area contributed by atoms with E-state index in [-0.39, 0.29) is 29.8 Å². The van der Waals surface area contributed by atoms with Gasteiger partial charge in [-0.05, 0) is 18.1 Å². The van der Waals surface area contributed by atoms with Crippen LogP contribution in [0, 0.1) is 5.82 Å². The summed E-state index contributed by atoms with van der Waals surface area (Å²) >= 11 is 0. The Kier molecular flexibility index (Phi) is 9.25. The lowest BCUT2D eigenvalue weighted by Crippen LogP contribution is -2.38. The predicted octanol–water partition coefficient (Wildman–Crippen LogP) is 3.30. The molecule has 6 nitrogen and oxygen atoms in total. The summed E-state index contributed by atoms with van der Waals surface area (Å²) in [5, 5.41) is 10.3. The van der Waals surface area contributed by atoms with Crippen LogP contribution >= 0.6 is 24.0 Å². The SMILES string of the molecule is CN=C(NCCOc1cccc(F)c1)NCc1cc(C(C)C)no1.I. The molecule has 1 heterocycles. The van der Waals surface area contributed by atoms with Gasteiger partial charge in [0.2, 0.25) is 0 Å². The molecule has 1 aromatic carbocycles. The van der Waals surface area contributed by atoms with Crippen LogP contribution in [0.5, 0.6) is 5.75 Å². The largest absolute Gasteiger partial charge is 0.492 e. The zero-order valence-corrected chi connectivity index (χ0v) is 16.9. The standard InChI is InChI=1S/C17H23FN4O2.HI/c1-12(2)16-10-15(24-22-16)11-21-17(19-3)20-7-8-23-14-6-4-5-13(18)9-14;/h4-6,9-10,12H,7-8,11H2,1-3H3,(H2,19,20,21);1H. The van der Waals surface area contributed by atoms with Gasteiger partial charge in [0.05, 0.1) is 18.8 Å². The Morgan fingerprint density at radius 2 is 2.12 bits per heavy atom. The average Bonchev–Trinajstić information content (AvgIpc) is 3.03. The van der Waals surface area contributed by atoms with Gasteiger partial charge in [-0.25, -0.2) is 4.39 Å². The highest BCUT2D eigenvalue weighted by atomic mass is 127. The van der Waals surface area contributed by atoms with Crippen molar-refractivity contribution in [2.45, 2.75) is 26.3 Å². The molecule has 0 saturated heterocycles. The van der Waals surface area contributed by atoms with E-state index in [2.05, 4.69) is 34.6 Å². The minimum Gasteiger partial charge on any atom is -0.492 e. The van der Waals surface area contributed by atoms with E-state index in [0.29, 0.717) is 37.3 Å². The first-order valence-electron chi connectivity index (χ1n) is 7.87. The number of hydrogen-bond acceptors (Lipinski definition) is 4. The fourth-order valence-corrected chi connectivity index (χ4v) is 1.97. The molecular formula is C17H24FIN4O2. The number of hydrogen-bond donors (Lipinski definition) is 2. The summed E-state index contributed by atoms with van der Waals surface area (Å²) in [6, 6.07) is 7.99. The first-order valence-corrected chi connectivity index (χ1v) is 7.87. The molecule has 0 aliphatic heterocycles. The van der Waals surface area contributed by atoms with Crippen LogP contribution in [0.3, 0.4) is 0 Å². The molecule has 25 heavy (non-hydrogen) atoms. The van der Waals surface area contributed by atoms with Crippen LogP contribution in [0.1, 0.15) is 31.2 Å². The zero-order valence-electron chi connectivity index (χ0n) is 14.6. The maximum absolute atomic E-state index is 13.0. The Morgan fingerprint density at radius 1 is 1.32 bits per heavy atom. The van der Waals surface area contributed by atoms with Gasteiger partial charge in [0.1, 0.15) is 18.2 Å². The maximum Gasteiger partial charge on any atom is 0.191 e. The summed E-state index contributed by atoms with van der Waals surface area (Å²) in [5.74, 6) is 1.89. The van der Waals surface area contributed by atoms with E-state index in [1.165, 1.54) is 12.1 Å². The van der Waals surface area contributed by atoms with E-state index in [1.54, 1.807) is 19.2 Å². The van der Waals surface area contributed by atoms with Crippen LogP contribution in [-0.2, 0) is 6.54 Å². The highest BCUT2D eigenvalue weighted by Gasteiger charge is 2.08. The Labute approximate surface area is 164 Å². The van der Waals surface area contributed by atoms with Crippen molar-refractivity contribution < 1.29 is 13.7 Å². The summed E-state index contributed by atoms with van der Waals surface area (Å²) in [6.07, 6.45) is 0. The molecule has 0 spiro atoms. The van der Waals surface area contributed by atoms with Gasteiger partial charge in [-0.1, -0.05) is 25.1 Å². The van der Waals surface area contributed by atoms with Gasteiger partial charge in [0.25, 0.3) is 0 Å². The smallest absolute Gasteiger partial charge is 0.191 e. The van der Waals surface area contributed by atoms with Gasteiger partial charge in [0, 0.05) is 19.2 Å². The summed E-state index contributed by atoms with van der Waals surface area (Å²) < 4.78 is 23.8. The molecule has 0 atom stereocenters. The number of benzene rings is 1. The minimum atomic E-state index is -0.314. The molecule has 0 fully saturated rings. The number of aromatic nitrogens is 1. The summed E-state index contributed by atoms with van der Waals surface area (Å²) in [7, 11) is 1.68. The monoisotopic (exact) mass is 462 g/mol. The molecular weight excluding hydrogens is 438 g/mol. The predicted molar refractivity (Wildman–Crippen MR) is 106 cm³/mol. The van der Waals surface area contributed by atoms with Crippen molar-refractivity contribution in [3.63, 3.8) is 0 Å². The van der Waals surface area contributed by atoms with Crippen LogP contribution in [-0.4, -0.2) is 31.3 Å². The molecule has 0 unspecified atom stereocenters. The van der Waals surface area contributed by atoms with E-state index in [4.69, 9.17) is 9.26 Å². The Morgan fingerprint density at radius 3 is 2.76 bits per heavy atom. The molecule has 2 N–H and O–H groups in total. The first-order chi connectivity index (χ1) is 11.6. The molecule has 0 radical (unpaired) electrons. The molecule has 0 saturated carbocycles. The fourth-order valence-electron chi connectivity index (χ4n) is 1.97. The molecule has 2 aromatic rings. The number of aliphatic imine (C=N–C) groups is 1. The normalized spacial score (nSPS) is 11.2. The number of nitrogens with one attached hydrogen (secondary N) is 2. The van der Waals surface area contributed by atoms with Crippen molar-refractivity contribution in [3.8, 4) is 5.75 Å². The second-order valence-electron chi connectivity index (χ2n) is 5.53. The molecule has 0 aliphatic carbocycles. The van der Waals surface area contributed by atoms with E-state index in [9.17, 15) is 4.39 Å². The molecule has 2 rings (SSSR count). The number of rotatable bonds is 7. The van der Waals surface area contributed by atoms with Gasteiger partial charge in [-0.3, -0.25) is 4.99 Å². The third-order valence-corrected chi connectivity index (χ3v) is 3.28. The van der Waals surface area contributed by atoms with E-state index < -0.39 is 0 Å². The second kappa shape index (κ2) is 10.9. The van der Waals surface area contributed by atoms with Gasteiger partial charge in [-0.2, -0.15) is 0 Å². The van der Waals surface area contributed by atoms with Crippen molar-refractivity contribution in [1.29, 1.82) is 0 Å². The minimum absolute atomic E-state index is 0. The second-order valence-corrected chi connectivity index (χ2v) is 5.53. The van der Waals surface area contributed by atoms with Crippen LogP contribution in [0.2, 0.25) is 0 Å². The summed E-state index contributed by atoms with van der Waals surface area (Å²) in [6.45, 7) is 5.54. The summed E-state index contributed by atoms with van der Waals surface area (Å²) in [4.78, 5) is 4.12. The lowest BCUT2D eigenvalue weighted by Gasteiger charge is -2.11. The molecule has 138 valence electrons. The lowest BCUT2D eigenvalue weighted by atomic mass is 10.1. The highest BCUT2D eigenvalue weighted by molar-refractivity contribution is 14.0. The molecule has 0 aliphatic rings. The number of halogens is 2. The van der Waals surface area contributed by atoms with Crippen molar-refractivity contribution in [3.05, 3.63) is 47.6 Å². The van der Waals surface area contributed by atoms with Crippen molar-refractivity contribution in [2.24, 2.45) is 4.99 Å². The number of ether oxygens (including phenoxy) is 1. The third-order valence-electron chi connectivity index (χ3n) is 3.28. The van der Waals surface area contributed by atoms with Crippen LogP contribution < -0.4 is 15.4 Å². The maximum atomic E-state index is 13.0. The Bertz CT molecular complexity index is 676. The van der Waals surface area contributed by atoms with Crippen LogP contribution in [0.15, 0.2) is 39.8 Å². The van der Waals surface area contributed by atoms with E-state index in [0.717, 1.165) is 11.5 Å². The molecule has 0 amide bonds. The van der Waals surface area contributed by atoms with Crippen LogP contribution in [0.25, 0.3) is 0 Å². The van der Waals surface area contributed by atoms with Gasteiger partial charge < -0.3 is 19.9 Å². The number of guanidine groups is 1. The van der Waals surface area contributed by atoms with E-state index in [1.807, 2.05) is 6.07 Å². The molecule has 8 heteroatoms. The van der Waals surface area contributed by atoms with Crippen molar-refractivity contribution in [2.75, 3.05) is 20.2 Å². The molecule has 0 bridgehead atoms. The molecule has 1 aromatic heterocycles. The van der Waals surface area contributed by atoms with Gasteiger partial charge in [-0.15, -0.1) is 24.0 Å². The highest BCUT2D eigenvalue weighted by Crippen LogP contribution is 2.13. The van der Waals surface area contributed by atoms with Crippen LogP contribution in [0.4, 0.5) is 4.39 Å². The lowest BCUT2D eigenvalue weighted by molar-refractivity contribution is 0.320. The van der Waals surface area contributed by atoms with Gasteiger partial charge in [0.15, 0.2) is 11.7 Å². The summed E-state index contributed by atoms with van der Waals surface area (Å²) in [5.41, 5.74) is 0.929. The van der Waals surface area contributed by atoms with Gasteiger partial charge >= 0.3 is 0 Å². The number of nitrogens with zero attached hydrogens (tertiary/aromatic N) is 2. The van der Waals surface area contributed by atoms with E-state index >= 15 is 0 Å². The Balaban J connectivity index is 0.00000312. The third kappa shape index (κ3) is 7.29. The Hall–Kier alpha value is -1.84. The van der Waals surface area contributed by atoms with Crippen molar-refractivity contribution >= 4 is 29.9 Å². The quantitative estimate of drug-likeness (QED) is 0.286. The average molecular weight is 462 g/mol. The first kappa shape index (κ1) is 21.2. The fraction of sp³-hybridized carbons (Fsp3) is 0.412.